The summed E-state index contributed by atoms with van der Waals surface area (Å²) in [6.07, 6.45) is -0.935. The van der Waals surface area contributed by atoms with Gasteiger partial charge in [0.2, 0.25) is 0 Å². The molecule has 0 amide bonds. The number of rotatable bonds is 4. The van der Waals surface area contributed by atoms with Gasteiger partial charge in [-0.15, -0.1) is 0 Å². The largest absolute Gasteiger partial charge is 0.363 e. The number of alkyl halides is 2. The molecule has 0 bridgehead atoms. The third kappa shape index (κ3) is 3.41. The van der Waals surface area contributed by atoms with E-state index in [1.54, 1.807) is 17.0 Å². The number of halogens is 3. The Balaban J connectivity index is 2.02. The van der Waals surface area contributed by atoms with Gasteiger partial charge >= 0.3 is 0 Å². The topological polar surface area (TPSA) is 6.48 Å². The molecule has 1 heterocycles. The molecule has 19 heavy (non-hydrogen) atoms. The summed E-state index contributed by atoms with van der Waals surface area (Å²) >= 11 is 0. The van der Waals surface area contributed by atoms with Crippen molar-refractivity contribution in [1.82, 2.24) is 4.90 Å². The maximum Gasteiger partial charge on any atom is 0.173 e. The normalized spacial score (nSPS) is 24.7. The number of unbranched alkanes of at least 4 members (excludes halogenated alkanes) is 1. The van der Waals surface area contributed by atoms with Crippen molar-refractivity contribution >= 4 is 5.69 Å². The van der Waals surface area contributed by atoms with Crippen molar-refractivity contribution in [2.24, 2.45) is 0 Å². The quantitative estimate of drug-likeness (QED) is 0.776. The van der Waals surface area contributed by atoms with E-state index in [0.717, 1.165) is 12.8 Å². The molecule has 1 aliphatic heterocycles. The summed E-state index contributed by atoms with van der Waals surface area (Å²) in [5.41, 5.74) is 0.654. The zero-order chi connectivity index (χ0) is 13.8. The van der Waals surface area contributed by atoms with Crippen LogP contribution in [0.2, 0.25) is 0 Å². The maximum absolute atomic E-state index is 14.0. The van der Waals surface area contributed by atoms with Crippen LogP contribution in [0.15, 0.2) is 24.3 Å². The molecule has 2 atom stereocenters. The highest BCUT2D eigenvalue weighted by Crippen LogP contribution is 2.24. The highest BCUT2D eigenvalue weighted by Gasteiger charge is 2.34. The Hall–Kier alpha value is -1.23. The van der Waals surface area contributed by atoms with Gasteiger partial charge in [-0.1, -0.05) is 13.3 Å². The Morgan fingerprint density at radius 1 is 1.11 bits per heavy atom. The van der Waals surface area contributed by atoms with E-state index in [1.165, 1.54) is 17.0 Å². The second kappa shape index (κ2) is 6.28. The van der Waals surface area contributed by atoms with Crippen molar-refractivity contribution in [3.05, 3.63) is 30.1 Å². The van der Waals surface area contributed by atoms with Crippen LogP contribution >= 0.6 is 0 Å². The zero-order valence-corrected chi connectivity index (χ0v) is 11.0. The van der Waals surface area contributed by atoms with Gasteiger partial charge in [0.15, 0.2) is 12.6 Å². The summed E-state index contributed by atoms with van der Waals surface area (Å²) in [5.74, 6) is -0.348. The fourth-order valence-corrected chi connectivity index (χ4v) is 2.31. The van der Waals surface area contributed by atoms with Gasteiger partial charge in [-0.3, -0.25) is 0 Å². The standard InChI is InChI=1S/C14H19F3N2/c1-2-3-8-19-13(16)9-18(10-14(19)17)12-6-4-11(15)5-7-12/h4-7,13-14H,2-3,8-10H2,1H3. The van der Waals surface area contributed by atoms with Crippen molar-refractivity contribution in [3.63, 3.8) is 0 Å². The summed E-state index contributed by atoms with van der Waals surface area (Å²) in [6.45, 7) is 2.68. The average molecular weight is 272 g/mol. The zero-order valence-electron chi connectivity index (χ0n) is 11.0. The Bertz CT molecular complexity index is 384. The molecule has 2 unspecified atom stereocenters. The first-order chi connectivity index (χ1) is 9.11. The Labute approximate surface area is 111 Å². The van der Waals surface area contributed by atoms with E-state index in [-0.39, 0.29) is 18.9 Å². The summed E-state index contributed by atoms with van der Waals surface area (Å²) < 4.78 is 40.8. The molecule has 1 saturated heterocycles. The van der Waals surface area contributed by atoms with Crippen LogP contribution in [0.25, 0.3) is 0 Å². The van der Waals surface area contributed by atoms with Crippen molar-refractivity contribution in [3.8, 4) is 0 Å². The number of anilines is 1. The van der Waals surface area contributed by atoms with Crippen molar-refractivity contribution < 1.29 is 13.2 Å². The van der Waals surface area contributed by atoms with E-state index in [0.29, 0.717) is 12.2 Å². The van der Waals surface area contributed by atoms with E-state index in [1.807, 2.05) is 6.92 Å². The van der Waals surface area contributed by atoms with Crippen LogP contribution in [0.1, 0.15) is 19.8 Å². The number of benzene rings is 1. The van der Waals surface area contributed by atoms with Crippen LogP contribution in [0.5, 0.6) is 0 Å². The Kier molecular flexibility index (Phi) is 4.69. The summed E-state index contributed by atoms with van der Waals surface area (Å²) in [4.78, 5) is 2.89. The SMILES string of the molecule is CCCCN1C(F)CN(c2ccc(F)cc2)CC1F. The number of piperazine rings is 1. The summed E-state index contributed by atoms with van der Waals surface area (Å²) in [7, 11) is 0. The van der Waals surface area contributed by atoms with Crippen molar-refractivity contribution in [2.45, 2.75) is 32.4 Å². The smallest absolute Gasteiger partial charge is 0.173 e. The lowest BCUT2D eigenvalue weighted by Gasteiger charge is -2.41. The minimum Gasteiger partial charge on any atom is -0.363 e. The Morgan fingerprint density at radius 3 is 2.21 bits per heavy atom. The second-order valence-electron chi connectivity index (χ2n) is 4.84. The van der Waals surface area contributed by atoms with Gasteiger partial charge in [-0.2, -0.15) is 0 Å². The van der Waals surface area contributed by atoms with Crippen LogP contribution in [-0.4, -0.2) is 37.1 Å². The summed E-state index contributed by atoms with van der Waals surface area (Å²) in [6, 6.07) is 5.71. The molecule has 2 rings (SSSR count). The molecule has 0 aromatic heterocycles. The monoisotopic (exact) mass is 272 g/mol. The van der Waals surface area contributed by atoms with Crippen molar-refractivity contribution in [2.75, 3.05) is 24.5 Å². The maximum atomic E-state index is 14.0. The molecular formula is C14H19F3N2. The molecule has 0 radical (unpaired) electrons. The lowest BCUT2D eigenvalue weighted by molar-refractivity contribution is -0.0318. The predicted molar refractivity (Wildman–Crippen MR) is 70.0 cm³/mol. The first-order valence-corrected chi connectivity index (χ1v) is 6.66. The lowest BCUT2D eigenvalue weighted by atomic mass is 10.2. The van der Waals surface area contributed by atoms with Gasteiger partial charge in [0.05, 0.1) is 13.1 Å². The number of hydrogen-bond acceptors (Lipinski definition) is 2. The molecule has 5 heteroatoms. The molecule has 1 fully saturated rings. The van der Waals surface area contributed by atoms with Crippen LogP contribution in [0, 0.1) is 5.82 Å². The molecule has 1 aliphatic rings. The van der Waals surface area contributed by atoms with Gasteiger partial charge in [-0.05, 0) is 30.7 Å². The second-order valence-corrected chi connectivity index (χ2v) is 4.84. The average Bonchev–Trinajstić information content (AvgIpc) is 2.38. The van der Waals surface area contributed by atoms with Gasteiger partial charge in [0.25, 0.3) is 0 Å². The van der Waals surface area contributed by atoms with E-state index in [2.05, 4.69) is 0 Å². The van der Waals surface area contributed by atoms with Gasteiger partial charge in [-0.25, -0.2) is 18.1 Å². The van der Waals surface area contributed by atoms with Crippen molar-refractivity contribution in [1.29, 1.82) is 0 Å². The van der Waals surface area contributed by atoms with Crippen LogP contribution in [0.3, 0.4) is 0 Å². The van der Waals surface area contributed by atoms with Crippen LogP contribution < -0.4 is 4.90 Å². The lowest BCUT2D eigenvalue weighted by Crippen LogP contribution is -2.55. The predicted octanol–water partition coefficient (Wildman–Crippen LogP) is 3.34. The van der Waals surface area contributed by atoms with Gasteiger partial charge < -0.3 is 4.90 Å². The molecule has 0 saturated carbocycles. The Morgan fingerprint density at radius 2 is 1.68 bits per heavy atom. The third-order valence-electron chi connectivity index (χ3n) is 3.42. The number of nitrogens with zero attached hydrogens (tertiary/aromatic N) is 2. The third-order valence-corrected chi connectivity index (χ3v) is 3.42. The van der Waals surface area contributed by atoms with Gasteiger partial charge in [0, 0.05) is 12.2 Å². The van der Waals surface area contributed by atoms with E-state index >= 15 is 0 Å². The molecular weight excluding hydrogens is 253 g/mol. The molecule has 1 aromatic carbocycles. The van der Waals surface area contributed by atoms with E-state index in [9.17, 15) is 13.2 Å². The van der Waals surface area contributed by atoms with Gasteiger partial charge in [0.1, 0.15) is 5.82 Å². The minimum absolute atomic E-state index is 0.121. The fourth-order valence-electron chi connectivity index (χ4n) is 2.31. The first-order valence-electron chi connectivity index (χ1n) is 6.66. The van der Waals surface area contributed by atoms with Crippen LogP contribution in [-0.2, 0) is 0 Å². The highest BCUT2D eigenvalue weighted by molar-refractivity contribution is 5.47. The van der Waals surface area contributed by atoms with E-state index < -0.39 is 12.6 Å². The summed E-state index contributed by atoms with van der Waals surface area (Å²) in [5, 5.41) is 0. The first kappa shape index (κ1) is 14.2. The molecule has 0 aliphatic carbocycles. The van der Waals surface area contributed by atoms with Crippen LogP contribution in [0.4, 0.5) is 18.9 Å². The molecule has 0 N–H and O–H groups in total. The molecule has 0 spiro atoms. The molecule has 1 aromatic rings. The van der Waals surface area contributed by atoms with E-state index in [4.69, 9.17) is 0 Å². The number of hydrogen-bond donors (Lipinski definition) is 0. The minimum atomic E-state index is -1.32. The highest BCUT2D eigenvalue weighted by atomic mass is 19.2. The fraction of sp³-hybridized carbons (Fsp3) is 0.571. The molecule has 2 nitrogen and oxygen atoms in total. The molecule has 106 valence electrons.